The summed E-state index contributed by atoms with van der Waals surface area (Å²) < 4.78 is 5.33. The summed E-state index contributed by atoms with van der Waals surface area (Å²) in [6, 6.07) is 8.09. The van der Waals surface area contributed by atoms with Gasteiger partial charge in [0.1, 0.15) is 10.7 Å². The fraction of sp³-hybridized carbons (Fsp3) is 0.267. The van der Waals surface area contributed by atoms with Crippen LogP contribution in [0, 0.1) is 13.8 Å². The van der Waals surface area contributed by atoms with Crippen molar-refractivity contribution in [1.82, 2.24) is 0 Å². The zero-order valence-corrected chi connectivity index (χ0v) is 12.3. The zero-order chi connectivity index (χ0) is 14.0. The first-order valence-electron chi connectivity index (χ1n) is 6.13. The van der Waals surface area contributed by atoms with Gasteiger partial charge in [0.05, 0.1) is 6.26 Å². The van der Waals surface area contributed by atoms with E-state index in [0.29, 0.717) is 4.99 Å². The van der Waals surface area contributed by atoms with Crippen LogP contribution in [-0.4, -0.2) is 12.0 Å². The topological polar surface area (TPSA) is 42.4 Å². The van der Waals surface area contributed by atoms with Crippen LogP contribution >= 0.6 is 12.2 Å². The number of nitrogens with zero attached hydrogens (tertiary/aromatic N) is 1. The molecule has 0 atom stereocenters. The van der Waals surface area contributed by atoms with Gasteiger partial charge in [0.15, 0.2) is 0 Å². The summed E-state index contributed by atoms with van der Waals surface area (Å²) in [7, 11) is 2.03. The number of hydrogen-bond acceptors (Lipinski definition) is 3. The van der Waals surface area contributed by atoms with Gasteiger partial charge in [-0.25, -0.2) is 0 Å². The average molecular weight is 274 g/mol. The van der Waals surface area contributed by atoms with Gasteiger partial charge in [-0.3, -0.25) is 0 Å². The number of anilines is 1. The lowest BCUT2D eigenvalue weighted by Gasteiger charge is -2.22. The van der Waals surface area contributed by atoms with Gasteiger partial charge in [-0.05, 0) is 37.6 Å². The molecular weight excluding hydrogens is 256 g/mol. The van der Waals surface area contributed by atoms with Gasteiger partial charge in [-0.15, -0.1) is 0 Å². The van der Waals surface area contributed by atoms with E-state index in [-0.39, 0.29) is 0 Å². The van der Waals surface area contributed by atoms with E-state index in [9.17, 15) is 0 Å². The second-order valence-electron chi connectivity index (χ2n) is 4.74. The molecule has 0 radical (unpaired) electrons. The molecule has 0 aliphatic rings. The van der Waals surface area contributed by atoms with E-state index in [0.717, 1.165) is 29.1 Å². The Morgan fingerprint density at radius 2 is 2.05 bits per heavy atom. The smallest absolute Gasteiger partial charge is 0.106 e. The van der Waals surface area contributed by atoms with Crippen LogP contribution in [0.3, 0.4) is 0 Å². The van der Waals surface area contributed by atoms with E-state index in [2.05, 4.69) is 17.9 Å². The van der Waals surface area contributed by atoms with Crippen molar-refractivity contribution in [2.45, 2.75) is 20.4 Å². The molecule has 0 saturated carbocycles. The maximum atomic E-state index is 5.79. The first-order chi connectivity index (χ1) is 8.99. The number of hydrogen-bond donors (Lipinski definition) is 1. The largest absolute Gasteiger partial charge is 0.469 e. The molecule has 2 aromatic rings. The summed E-state index contributed by atoms with van der Waals surface area (Å²) in [6.07, 6.45) is 1.71. The highest BCUT2D eigenvalue weighted by molar-refractivity contribution is 7.80. The Hall–Kier alpha value is -1.81. The van der Waals surface area contributed by atoms with Gasteiger partial charge in [0.2, 0.25) is 0 Å². The lowest BCUT2D eigenvalue weighted by Crippen LogP contribution is -2.21. The van der Waals surface area contributed by atoms with E-state index < -0.39 is 0 Å². The van der Waals surface area contributed by atoms with Crippen LogP contribution in [0.4, 0.5) is 5.69 Å². The Morgan fingerprint density at radius 1 is 1.32 bits per heavy atom. The molecule has 1 heterocycles. The van der Waals surface area contributed by atoms with Crippen molar-refractivity contribution in [2.75, 3.05) is 11.9 Å². The fourth-order valence-corrected chi connectivity index (χ4v) is 2.25. The van der Waals surface area contributed by atoms with Crippen molar-refractivity contribution in [1.29, 1.82) is 0 Å². The van der Waals surface area contributed by atoms with Gasteiger partial charge in [-0.1, -0.05) is 18.3 Å². The third kappa shape index (κ3) is 2.96. The van der Waals surface area contributed by atoms with E-state index in [1.165, 1.54) is 5.56 Å². The molecule has 0 saturated heterocycles. The lowest BCUT2D eigenvalue weighted by atomic mass is 10.1. The molecule has 2 N–H and O–H groups in total. The normalized spacial score (nSPS) is 10.5. The van der Waals surface area contributed by atoms with E-state index in [1.807, 2.05) is 32.2 Å². The number of benzene rings is 1. The Balaban J connectivity index is 2.32. The van der Waals surface area contributed by atoms with Crippen LogP contribution in [0.1, 0.15) is 22.5 Å². The van der Waals surface area contributed by atoms with Gasteiger partial charge in [-0.2, -0.15) is 0 Å². The third-order valence-corrected chi connectivity index (χ3v) is 3.42. The van der Waals surface area contributed by atoms with Crippen molar-refractivity contribution in [3.8, 4) is 0 Å². The molecule has 0 aliphatic heterocycles. The molecule has 0 amide bonds. The van der Waals surface area contributed by atoms with Crippen LogP contribution in [0.5, 0.6) is 0 Å². The van der Waals surface area contributed by atoms with Crippen molar-refractivity contribution in [3.63, 3.8) is 0 Å². The van der Waals surface area contributed by atoms with Crippen LogP contribution < -0.4 is 10.6 Å². The highest BCUT2D eigenvalue weighted by Crippen LogP contribution is 2.24. The maximum Gasteiger partial charge on any atom is 0.106 e. The highest BCUT2D eigenvalue weighted by Gasteiger charge is 2.12. The Bertz CT molecular complexity index is 604. The summed E-state index contributed by atoms with van der Waals surface area (Å²) in [4.78, 5) is 2.56. The number of nitrogens with two attached hydrogens (primary N) is 1. The average Bonchev–Trinajstić information content (AvgIpc) is 2.74. The van der Waals surface area contributed by atoms with E-state index in [1.54, 1.807) is 6.26 Å². The van der Waals surface area contributed by atoms with Crippen LogP contribution in [0.25, 0.3) is 0 Å². The molecule has 3 nitrogen and oxygen atoms in total. The minimum atomic E-state index is 0.422. The minimum absolute atomic E-state index is 0.422. The van der Waals surface area contributed by atoms with Gasteiger partial charge in [0, 0.05) is 30.4 Å². The third-order valence-electron chi connectivity index (χ3n) is 3.20. The molecule has 1 aromatic heterocycles. The summed E-state index contributed by atoms with van der Waals surface area (Å²) in [5, 5.41) is 0. The summed E-state index contributed by atoms with van der Waals surface area (Å²) in [6.45, 7) is 4.79. The molecule has 0 fully saturated rings. The number of rotatable bonds is 4. The minimum Gasteiger partial charge on any atom is -0.469 e. The maximum absolute atomic E-state index is 5.79. The standard InChI is InChI=1S/C15H18N2OS/c1-10-4-5-13(15(16)19)14(8-10)17(3)9-12-6-7-18-11(12)2/h4-8H,9H2,1-3H3,(H2,16,19). The molecule has 0 bridgehead atoms. The molecule has 100 valence electrons. The predicted octanol–water partition coefficient (Wildman–Crippen LogP) is 3.17. The fourth-order valence-electron chi connectivity index (χ4n) is 2.08. The first-order valence-corrected chi connectivity index (χ1v) is 6.54. The zero-order valence-electron chi connectivity index (χ0n) is 11.4. The molecule has 1 aromatic carbocycles. The van der Waals surface area contributed by atoms with Gasteiger partial charge < -0.3 is 15.1 Å². The van der Waals surface area contributed by atoms with Crippen molar-refractivity contribution in [3.05, 3.63) is 53.0 Å². The van der Waals surface area contributed by atoms with E-state index >= 15 is 0 Å². The molecule has 2 rings (SSSR count). The Morgan fingerprint density at radius 3 is 2.63 bits per heavy atom. The van der Waals surface area contributed by atoms with Crippen molar-refractivity contribution in [2.24, 2.45) is 5.73 Å². The quantitative estimate of drug-likeness (QED) is 0.870. The second kappa shape index (κ2) is 5.45. The summed E-state index contributed by atoms with van der Waals surface area (Å²) in [5.74, 6) is 0.941. The predicted molar refractivity (Wildman–Crippen MR) is 82.6 cm³/mol. The first kappa shape index (κ1) is 13.6. The highest BCUT2D eigenvalue weighted by atomic mass is 32.1. The SMILES string of the molecule is Cc1ccc(C(N)=S)c(N(C)Cc2ccoc2C)c1. The molecule has 4 heteroatoms. The van der Waals surface area contributed by atoms with Gasteiger partial charge in [0.25, 0.3) is 0 Å². The molecule has 0 spiro atoms. The second-order valence-corrected chi connectivity index (χ2v) is 5.18. The van der Waals surface area contributed by atoms with Crippen LogP contribution in [0.15, 0.2) is 34.9 Å². The number of thiocarbonyl (C=S) groups is 1. The Labute approximate surface area is 119 Å². The molecule has 0 unspecified atom stereocenters. The molecule has 19 heavy (non-hydrogen) atoms. The van der Waals surface area contributed by atoms with Crippen LogP contribution in [0.2, 0.25) is 0 Å². The molecular formula is C15H18N2OS. The summed E-state index contributed by atoms with van der Waals surface area (Å²) in [5.41, 5.74) is 10.1. The van der Waals surface area contributed by atoms with Crippen LogP contribution in [-0.2, 0) is 6.54 Å². The molecule has 0 aliphatic carbocycles. The summed E-state index contributed by atoms with van der Waals surface area (Å²) >= 11 is 5.12. The van der Waals surface area contributed by atoms with E-state index in [4.69, 9.17) is 22.4 Å². The van der Waals surface area contributed by atoms with Gasteiger partial charge >= 0.3 is 0 Å². The van der Waals surface area contributed by atoms with Crippen molar-refractivity contribution >= 4 is 22.9 Å². The monoisotopic (exact) mass is 274 g/mol. The number of aryl methyl sites for hydroxylation is 2. The lowest BCUT2D eigenvalue weighted by molar-refractivity contribution is 0.529. The van der Waals surface area contributed by atoms with Crippen molar-refractivity contribution < 1.29 is 4.42 Å². The number of furan rings is 1. The Kier molecular flexibility index (Phi) is 3.90.